The van der Waals surface area contributed by atoms with E-state index in [9.17, 15) is 9.59 Å². The maximum Gasteiger partial charge on any atom is 0.287 e. The first-order valence-electron chi connectivity index (χ1n) is 7.64. The Labute approximate surface area is 146 Å². The van der Waals surface area contributed by atoms with Crippen LogP contribution < -0.4 is 5.32 Å². The number of ketones is 1. The van der Waals surface area contributed by atoms with E-state index < -0.39 is 0 Å². The second-order valence-corrected chi connectivity index (χ2v) is 6.57. The van der Waals surface area contributed by atoms with Gasteiger partial charge in [-0.15, -0.1) is 11.3 Å². The van der Waals surface area contributed by atoms with E-state index >= 15 is 0 Å². The molecule has 0 radical (unpaired) electrons. The van der Waals surface area contributed by atoms with Gasteiger partial charge in [-0.1, -0.05) is 18.2 Å². The molecule has 1 aromatic carbocycles. The summed E-state index contributed by atoms with van der Waals surface area (Å²) in [7, 11) is 0. The summed E-state index contributed by atoms with van der Waals surface area (Å²) < 4.78 is 10.7. The molecule has 1 amide bonds. The summed E-state index contributed by atoms with van der Waals surface area (Å²) in [6.45, 7) is 0.325. The lowest BCUT2D eigenvalue weighted by Gasteiger charge is -2.00. The molecule has 0 bridgehead atoms. The standard InChI is InChI=1S/C19H13NO4S/c21-18(15-6-3-9-23-15)17-8-7-13(25-17)11-20-19(22)16-10-12-4-1-2-5-14(12)24-16/h1-10H,11H2,(H,20,22). The minimum atomic E-state index is -0.288. The molecule has 3 aromatic heterocycles. The molecule has 124 valence electrons. The maximum atomic E-state index is 12.2. The summed E-state index contributed by atoms with van der Waals surface area (Å²) in [5.74, 6) is 0.123. The van der Waals surface area contributed by atoms with Crippen molar-refractivity contribution in [3.05, 3.63) is 82.1 Å². The van der Waals surface area contributed by atoms with Crippen LogP contribution in [0.2, 0.25) is 0 Å². The molecule has 0 aliphatic rings. The van der Waals surface area contributed by atoms with Crippen LogP contribution in [-0.4, -0.2) is 11.7 Å². The third-order valence-corrected chi connectivity index (χ3v) is 4.79. The average Bonchev–Trinajstić information content (AvgIpc) is 3.39. The number of para-hydroxylation sites is 1. The first-order chi connectivity index (χ1) is 12.2. The van der Waals surface area contributed by atoms with Crippen molar-refractivity contribution in [3.8, 4) is 0 Å². The third-order valence-electron chi connectivity index (χ3n) is 3.70. The van der Waals surface area contributed by atoms with Crippen LogP contribution in [0.1, 0.15) is 30.9 Å². The average molecular weight is 351 g/mol. The van der Waals surface area contributed by atoms with E-state index in [4.69, 9.17) is 8.83 Å². The number of carbonyl (C=O) groups excluding carboxylic acids is 2. The largest absolute Gasteiger partial charge is 0.461 e. The molecule has 4 aromatic rings. The number of hydrogen-bond donors (Lipinski definition) is 1. The molecule has 3 heterocycles. The molecule has 0 saturated heterocycles. The maximum absolute atomic E-state index is 12.2. The van der Waals surface area contributed by atoms with E-state index in [2.05, 4.69) is 5.32 Å². The van der Waals surface area contributed by atoms with Crippen molar-refractivity contribution >= 4 is 34.0 Å². The fraction of sp³-hybridized carbons (Fsp3) is 0.0526. The van der Waals surface area contributed by atoms with Crippen LogP contribution in [-0.2, 0) is 6.54 Å². The normalized spacial score (nSPS) is 10.9. The monoisotopic (exact) mass is 351 g/mol. The van der Waals surface area contributed by atoms with Gasteiger partial charge in [-0.2, -0.15) is 0 Å². The molecule has 0 unspecified atom stereocenters. The van der Waals surface area contributed by atoms with E-state index in [0.717, 1.165) is 10.3 Å². The SMILES string of the molecule is O=C(NCc1ccc(C(=O)c2ccco2)s1)c1cc2ccccc2o1. The Bertz CT molecular complexity index is 1010. The molecule has 4 rings (SSSR count). The van der Waals surface area contributed by atoms with E-state index in [1.54, 1.807) is 24.3 Å². The topological polar surface area (TPSA) is 72.5 Å². The number of thiophene rings is 1. The Morgan fingerprint density at radius 2 is 1.88 bits per heavy atom. The van der Waals surface area contributed by atoms with Gasteiger partial charge in [0.15, 0.2) is 11.5 Å². The van der Waals surface area contributed by atoms with Crippen molar-refractivity contribution in [1.82, 2.24) is 5.32 Å². The smallest absolute Gasteiger partial charge is 0.287 e. The van der Waals surface area contributed by atoms with Crippen molar-refractivity contribution in [2.45, 2.75) is 6.54 Å². The molecule has 25 heavy (non-hydrogen) atoms. The zero-order valence-corrected chi connectivity index (χ0v) is 13.8. The zero-order chi connectivity index (χ0) is 17.2. The first-order valence-corrected chi connectivity index (χ1v) is 8.46. The van der Waals surface area contributed by atoms with Gasteiger partial charge in [0, 0.05) is 10.3 Å². The second-order valence-electron chi connectivity index (χ2n) is 5.40. The van der Waals surface area contributed by atoms with Gasteiger partial charge in [0.05, 0.1) is 17.7 Å². The highest BCUT2D eigenvalue weighted by atomic mass is 32.1. The number of carbonyl (C=O) groups is 2. The van der Waals surface area contributed by atoms with Gasteiger partial charge < -0.3 is 14.2 Å². The highest BCUT2D eigenvalue weighted by molar-refractivity contribution is 7.14. The molecule has 0 aliphatic carbocycles. The predicted octanol–water partition coefficient (Wildman–Crippen LogP) is 4.25. The third kappa shape index (κ3) is 3.12. The Morgan fingerprint density at radius 3 is 2.68 bits per heavy atom. The summed E-state index contributed by atoms with van der Waals surface area (Å²) in [4.78, 5) is 25.9. The van der Waals surface area contributed by atoms with Crippen LogP contribution in [0.5, 0.6) is 0 Å². The Morgan fingerprint density at radius 1 is 1.00 bits per heavy atom. The highest BCUT2D eigenvalue weighted by Crippen LogP contribution is 2.21. The number of hydrogen-bond acceptors (Lipinski definition) is 5. The van der Waals surface area contributed by atoms with Gasteiger partial charge in [0.25, 0.3) is 5.91 Å². The van der Waals surface area contributed by atoms with E-state index in [1.807, 2.05) is 30.3 Å². The lowest BCUT2D eigenvalue weighted by molar-refractivity contribution is 0.0925. The first kappa shape index (κ1) is 15.4. The minimum Gasteiger partial charge on any atom is -0.461 e. The van der Waals surface area contributed by atoms with Crippen LogP contribution in [0.25, 0.3) is 11.0 Å². The summed E-state index contributed by atoms with van der Waals surface area (Å²) in [6, 6.07) is 16.0. The lowest BCUT2D eigenvalue weighted by Crippen LogP contribution is -2.21. The lowest BCUT2D eigenvalue weighted by atomic mass is 10.2. The Balaban J connectivity index is 1.43. The van der Waals surface area contributed by atoms with Gasteiger partial charge in [-0.25, -0.2) is 0 Å². The van der Waals surface area contributed by atoms with Crippen LogP contribution in [0.15, 0.2) is 69.7 Å². The molecule has 0 fully saturated rings. The van der Waals surface area contributed by atoms with Crippen LogP contribution in [0, 0.1) is 0 Å². The number of benzene rings is 1. The molecule has 0 atom stereocenters. The molecule has 5 nitrogen and oxygen atoms in total. The van der Waals surface area contributed by atoms with Crippen molar-refractivity contribution in [2.24, 2.45) is 0 Å². The molecule has 6 heteroatoms. The number of fused-ring (bicyclic) bond motifs is 1. The minimum absolute atomic E-state index is 0.162. The van der Waals surface area contributed by atoms with E-state index in [1.165, 1.54) is 17.6 Å². The quantitative estimate of drug-likeness (QED) is 0.546. The highest BCUT2D eigenvalue weighted by Gasteiger charge is 2.16. The number of rotatable bonds is 5. The van der Waals surface area contributed by atoms with Gasteiger partial charge in [0.1, 0.15) is 5.58 Å². The summed E-state index contributed by atoms with van der Waals surface area (Å²) in [6.07, 6.45) is 1.47. The second kappa shape index (κ2) is 6.41. The number of amides is 1. The fourth-order valence-electron chi connectivity index (χ4n) is 2.47. The fourth-order valence-corrected chi connectivity index (χ4v) is 3.36. The molecular formula is C19H13NO4S. The van der Waals surface area contributed by atoms with Gasteiger partial charge in [0.2, 0.25) is 5.78 Å². The molecule has 0 aliphatic heterocycles. The van der Waals surface area contributed by atoms with Crippen molar-refractivity contribution < 1.29 is 18.4 Å². The van der Waals surface area contributed by atoms with Gasteiger partial charge in [-0.05, 0) is 36.4 Å². The summed E-state index contributed by atoms with van der Waals surface area (Å²) in [5.41, 5.74) is 0.676. The predicted molar refractivity (Wildman–Crippen MR) is 93.8 cm³/mol. The zero-order valence-electron chi connectivity index (χ0n) is 13.0. The Kier molecular flexibility index (Phi) is 3.95. The molecule has 0 saturated carbocycles. The van der Waals surface area contributed by atoms with Crippen LogP contribution in [0.4, 0.5) is 0 Å². The molecular weight excluding hydrogens is 338 g/mol. The van der Waals surface area contributed by atoms with Gasteiger partial charge in [-0.3, -0.25) is 9.59 Å². The number of furan rings is 2. The van der Waals surface area contributed by atoms with Crippen molar-refractivity contribution in [2.75, 3.05) is 0 Å². The molecule has 1 N–H and O–H groups in total. The molecule has 0 spiro atoms. The van der Waals surface area contributed by atoms with Crippen LogP contribution >= 0.6 is 11.3 Å². The Hall–Kier alpha value is -3.12. The van der Waals surface area contributed by atoms with E-state index in [-0.39, 0.29) is 17.5 Å². The van der Waals surface area contributed by atoms with Crippen LogP contribution in [0.3, 0.4) is 0 Å². The van der Waals surface area contributed by atoms with E-state index in [0.29, 0.717) is 22.8 Å². The number of nitrogens with one attached hydrogen (secondary N) is 1. The van der Waals surface area contributed by atoms with Crippen molar-refractivity contribution in [3.63, 3.8) is 0 Å². The van der Waals surface area contributed by atoms with Gasteiger partial charge >= 0.3 is 0 Å². The van der Waals surface area contributed by atoms with Crippen molar-refractivity contribution in [1.29, 1.82) is 0 Å². The summed E-state index contributed by atoms with van der Waals surface area (Å²) in [5, 5.41) is 3.69. The summed E-state index contributed by atoms with van der Waals surface area (Å²) >= 11 is 1.33.